The number of aryl methyl sites for hydroxylation is 1. The summed E-state index contributed by atoms with van der Waals surface area (Å²) in [5, 5.41) is 10.9. The molecule has 2 unspecified atom stereocenters. The molecule has 0 saturated heterocycles. The van der Waals surface area contributed by atoms with Gasteiger partial charge in [-0.3, -0.25) is 4.98 Å². The second-order valence-electron chi connectivity index (χ2n) is 6.61. The Morgan fingerprint density at radius 1 is 1.26 bits per heavy atom. The average Bonchev–Trinajstić information content (AvgIpc) is 3.23. The SMILES string of the molecule is CCc1ccc(CC2(O)CCCC(C3CC3)C2)nc1. The zero-order valence-electron chi connectivity index (χ0n) is 11.9. The quantitative estimate of drug-likeness (QED) is 0.897. The van der Waals surface area contributed by atoms with Crippen molar-refractivity contribution < 1.29 is 5.11 Å². The van der Waals surface area contributed by atoms with E-state index in [1.807, 2.05) is 6.20 Å². The Morgan fingerprint density at radius 3 is 2.74 bits per heavy atom. The molecule has 0 radical (unpaired) electrons. The molecule has 0 bridgehead atoms. The highest BCUT2D eigenvalue weighted by atomic mass is 16.3. The first-order chi connectivity index (χ1) is 9.18. The van der Waals surface area contributed by atoms with Crippen LogP contribution in [0.4, 0.5) is 0 Å². The topological polar surface area (TPSA) is 33.1 Å². The molecule has 0 amide bonds. The number of nitrogens with zero attached hydrogens (tertiary/aromatic N) is 1. The summed E-state index contributed by atoms with van der Waals surface area (Å²) in [6.45, 7) is 2.14. The van der Waals surface area contributed by atoms with Gasteiger partial charge in [-0.15, -0.1) is 0 Å². The molecule has 1 aromatic heterocycles. The molecule has 104 valence electrons. The Morgan fingerprint density at radius 2 is 2.11 bits per heavy atom. The molecule has 1 N–H and O–H groups in total. The van der Waals surface area contributed by atoms with Crippen molar-refractivity contribution in [1.29, 1.82) is 0 Å². The van der Waals surface area contributed by atoms with Crippen LogP contribution in [0.2, 0.25) is 0 Å². The predicted molar refractivity (Wildman–Crippen MR) is 77.0 cm³/mol. The molecule has 0 aromatic carbocycles. The lowest BCUT2D eigenvalue weighted by Gasteiger charge is -2.37. The van der Waals surface area contributed by atoms with Gasteiger partial charge >= 0.3 is 0 Å². The summed E-state index contributed by atoms with van der Waals surface area (Å²) in [7, 11) is 0. The molecule has 3 rings (SSSR count). The molecule has 2 nitrogen and oxygen atoms in total. The van der Waals surface area contributed by atoms with Gasteiger partial charge in [0.15, 0.2) is 0 Å². The van der Waals surface area contributed by atoms with Crippen molar-refractivity contribution in [3.8, 4) is 0 Å². The normalized spacial score (nSPS) is 31.4. The maximum atomic E-state index is 10.9. The highest BCUT2D eigenvalue weighted by Gasteiger charge is 2.41. The molecule has 19 heavy (non-hydrogen) atoms. The molecule has 1 aromatic rings. The van der Waals surface area contributed by atoms with Crippen LogP contribution in [0.1, 0.15) is 56.7 Å². The summed E-state index contributed by atoms with van der Waals surface area (Å²) in [6, 6.07) is 4.24. The van der Waals surface area contributed by atoms with E-state index >= 15 is 0 Å². The monoisotopic (exact) mass is 259 g/mol. The fourth-order valence-corrected chi connectivity index (χ4v) is 3.62. The van der Waals surface area contributed by atoms with Crippen LogP contribution >= 0.6 is 0 Å². The van der Waals surface area contributed by atoms with E-state index in [-0.39, 0.29) is 0 Å². The van der Waals surface area contributed by atoms with Gasteiger partial charge < -0.3 is 5.11 Å². The summed E-state index contributed by atoms with van der Waals surface area (Å²) in [5.41, 5.74) is 1.83. The zero-order valence-corrected chi connectivity index (χ0v) is 11.9. The molecule has 2 heteroatoms. The minimum absolute atomic E-state index is 0.494. The van der Waals surface area contributed by atoms with Crippen molar-refractivity contribution in [2.75, 3.05) is 0 Å². The molecule has 2 aliphatic carbocycles. The van der Waals surface area contributed by atoms with E-state index < -0.39 is 5.60 Å². The molecule has 0 spiro atoms. The highest BCUT2D eigenvalue weighted by molar-refractivity contribution is 5.15. The van der Waals surface area contributed by atoms with E-state index in [9.17, 15) is 5.11 Å². The molecular weight excluding hydrogens is 234 g/mol. The Labute approximate surface area is 116 Å². The van der Waals surface area contributed by atoms with Gasteiger partial charge in [0, 0.05) is 18.3 Å². The van der Waals surface area contributed by atoms with E-state index in [2.05, 4.69) is 24.0 Å². The second kappa shape index (κ2) is 5.24. The lowest BCUT2D eigenvalue weighted by molar-refractivity contribution is -0.0202. The lowest BCUT2D eigenvalue weighted by Crippen LogP contribution is -2.38. The number of aliphatic hydroxyl groups is 1. The van der Waals surface area contributed by atoms with Gasteiger partial charge in [0.2, 0.25) is 0 Å². The Balaban J connectivity index is 1.65. The highest BCUT2D eigenvalue weighted by Crippen LogP contribution is 2.47. The van der Waals surface area contributed by atoms with Gasteiger partial charge in [-0.1, -0.05) is 19.4 Å². The number of rotatable bonds is 4. The van der Waals surface area contributed by atoms with Crippen molar-refractivity contribution in [3.05, 3.63) is 29.6 Å². The standard InChI is InChI=1S/C17H25NO/c1-2-13-5-8-16(18-12-13)11-17(19)9-3-4-15(10-17)14-6-7-14/h5,8,12,14-15,19H,2-4,6-7,9-11H2,1H3. The van der Waals surface area contributed by atoms with E-state index in [0.717, 1.165) is 43.2 Å². The third-order valence-electron chi connectivity index (χ3n) is 4.95. The van der Waals surface area contributed by atoms with E-state index in [1.54, 1.807) is 0 Å². The van der Waals surface area contributed by atoms with Crippen LogP contribution in [0, 0.1) is 11.8 Å². The first kappa shape index (κ1) is 13.1. The van der Waals surface area contributed by atoms with E-state index in [1.165, 1.54) is 31.2 Å². The third-order valence-corrected chi connectivity index (χ3v) is 4.95. The Hall–Kier alpha value is -0.890. The Bertz CT molecular complexity index is 423. The van der Waals surface area contributed by atoms with Gasteiger partial charge in [-0.25, -0.2) is 0 Å². The molecular formula is C17H25NO. The molecule has 2 saturated carbocycles. The predicted octanol–water partition coefficient (Wildman–Crippen LogP) is 3.52. The first-order valence-corrected chi connectivity index (χ1v) is 7.85. The summed E-state index contributed by atoms with van der Waals surface area (Å²) in [6.07, 6.45) is 11.0. The van der Waals surface area contributed by atoms with Crippen LogP contribution in [0.25, 0.3) is 0 Å². The molecule has 0 aliphatic heterocycles. The van der Waals surface area contributed by atoms with Crippen LogP contribution in [0.15, 0.2) is 18.3 Å². The van der Waals surface area contributed by atoms with E-state index in [4.69, 9.17) is 0 Å². The summed E-state index contributed by atoms with van der Waals surface area (Å²) < 4.78 is 0. The number of aromatic nitrogens is 1. The van der Waals surface area contributed by atoms with Crippen molar-refractivity contribution in [2.24, 2.45) is 11.8 Å². The minimum Gasteiger partial charge on any atom is -0.389 e. The zero-order chi connectivity index (χ0) is 13.3. The fourth-order valence-electron chi connectivity index (χ4n) is 3.62. The molecule has 2 atom stereocenters. The van der Waals surface area contributed by atoms with Gasteiger partial charge in [0.1, 0.15) is 0 Å². The number of hydrogen-bond donors (Lipinski definition) is 1. The van der Waals surface area contributed by atoms with Crippen molar-refractivity contribution in [3.63, 3.8) is 0 Å². The third kappa shape index (κ3) is 3.17. The lowest BCUT2D eigenvalue weighted by atomic mass is 9.74. The molecule has 1 heterocycles. The molecule has 2 aliphatic rings. The average molecular weight is 259 g/mol. The van der Waals surface area contributed by atoms with Crippen LogP contribution in [0.3, 0.4) is 0 Å². The van der Waals surface area contributed by atoms with Crippen molar-refractivity contribution >= 4 is 0 Å². The van der Waals surface area contributed by atoms with Crippen LogP contribution < -0.4 is 0 Å². The van der Waals surface area contributed by atoms with Crippen molar-refractivity contribution in [1.82, 2.24) is 4.98 Å². The van der Waals surface area contributed by atoms with Gasteiger partial charge in [0.25, 0.3) is 0 Å². The fraction of sp³-hybridized carbons (Fsp3) is 0.706. The van der Waals surface area contributed by atoms with Crippen LogP contribution in [-0.4, -0.2) is 15.7 Å². The van der Waals surface area contributed by atoms with Crippen LogP contribution in [0.5, 0.6) is 0 Å². The largest absolute Gasteiger partial charge is 0.389 e. The first-order valence-electron chi connectivity index (χ1n) is 7.85. The maximum absolute atomic E-state index is 10.9. The van der Waals surface area contributed by atoms with Gasteiger partial charge in [-0.05, 0) is 62.0 Å². The minimum atomic E-state index is -0.494. The maximum Gasteiger partial charge on any atom is 0.0705 e. The van der Waals surface area contributed by atoms with Crippen LogP contribution in [-0.2, 0) is 12.8 Å². The smallest absolute Gasteiger partial charge is 0.0705 e. The summed E-state index contributed by atoms with van der Waals surface area (Å²) in [5.74, 6) is 1.69. The second-order valence-corrected chi connectivity index (χ2v) is 6.61. The summed E-state index contributed by atoms with van der Waals surface area (Å²) >= 11 is 0. The molecule has 2 fully saturated rings. The Kier molecular flexibility index (Phi) is 3.62. The van der Waals surface area contributed by atoms with Gasteiger partial charge in [0.05, 0.1) is 5.60 Å². The van der Waals surface area contributed by atoms with E-state index in [0.29, 0.717) is 0 Å². The van der Waals surface area contributed by atoms with Gasteiger partial charge in [-0.2, -0.15) is 0 Å². The summed E-state index contributed by atoms with van der Waals surface area (Å²) in [4.78, 5) is 4.51. The number of hydrogen-bond acceptors (Lipinski definition) is 2. The van der Waals surface area contributed by atoms with Crippen molar-refractivity contribution in [2.45, 2.75) is 63.9 Å². The number of pyridine rings is 1.